The van der Waals surface area contributed by atoms with E-state index in [2.05, 4.69) is 31.2 Å². The highest BCUT2D eigenvalue weighted by Gasteiger charge is 2.21. The fourth-order valence-corrected chi connectivity index (χ4v) is 3.59. The zero-order chi connectivity index (χ0) is 21.6. The van der Waals surface area contributed by atoms with Crippen molar-refractivity contribution < 1.29 is 25.2 Å². The molecular formula is C24H40O5. The number of benzene rings is 1. The third-order valence-electron chi connectivity index (χ3n) is 5.67. The molecule has 5 nitrogen and oxygen atoms in total. The molecule has 1 aromatic rings. The minimum atomic E-state index is -0.732. The summed E-state index contributed by atoms with van der Waals surface area (Å²) in [4.78, 5) is 0. The van der Waals surface area contributed by atoms with Crippen LogP contribution in [0.1, 0.15) is 51.5 Å². The van der Waals surface area contributed by atoms with E-state index in [9.17, 15) is 15.3 Å². The van der Waals surface area contributed by atoms with Crippen LogP contribution in [0.25, 0.3) is 0 Å². The summed E-state index contributed by atoms with van der Waals surface area (Å²) in [6, 6.07) is 8.15. The fourth-order valence-electron chi connectivity index (χ4n) is 3.59. The average Bonchev–Trinajstić information content (AvgIpc) is 2.74. The van der Waals surface area contributed by atoms with Gasteiger partial charge >= 0.3 is 0 Å². The number of ether oxygens (including phenoxy) is 1. The molecule has 0 saturated carbocycles. The van der Waals surface area contributed by atoms with Crippen molar-refractivity contribution in [3.63, 3.8) is 0 Å². The molecule has 0 aromatic heterocycles. The molecule has 5 unspecified atom stereocenters. The maximum atomic E-state index is 10.1. The van der Waals surface area contributed by atoms with Crippen LogP contribution in [0, 0.1) is 17.8 Å². The lowest BCUT2D eigenvalue weighted by Gasteiger charge is -2.24. The van der Waals surface area contributed by atoms with Gasteiger partial charge in [0.25, 0.3) is 0 Å². The van der Waals surface area contributed by atoms with E-state index in [0.717, 1.165) is 44.3 Å². The van der Waals surface area contributed by atoms with Gasteiger partial charge in [0.05, 0.1) is 32.5 Å². The Hall–Kier alpha value is -1.40. The lowest BCUT2D eigenvalue weighted by Crippen LogP contribution is -2.27. The second kappa shape index (κ2) is 14.6. The van der Waals surface area contributed by atoms with Crippen molar-refractivity contribution in [3.05, 3.63) is 42.0 Å². The van der Waals surface area contributed by atoms with Crippen LogP contribution in [0.4, 0.5) is 0 Å². The van der Waals surface area contributed by atoms with Gasteiger partial charge in [-0.3, -0.25) is 0 Å². The smallest absolute Gasteiger partial charge is 0.119 e. The summed E-state index contributed by atoms with van der Waals surface area (Å²) in [5, 5.41) is 38.1. The van der Waals surface area contributed by atoms with Gasteiger partial charge in [-0.1, -0.05) is 38.1 Å². The fraction of sp³-hybridized carbons (Fsp3) is 0.667. The molecular weight excluding hydrogens is 368 g/mol. The van der Waals surface area contributed by atoms with Crippen LogP contribution >= 0.6 is 0 Å². The van der Waals surface area contributed by atoms with Crippen molar-refractivity contribution in [1.82, 2.24) is 0 Å². The van der Waals surface area contributed by atoms with Crippen LogP contribution in [0.3, 0.4) is 0 Å². The first-order valence-corrected chi connectivity index (χ1v) is 10.8. The monoisotopic (exact) mass is 408 g/mol. The first kappa shape index (κ1) is 25.6. The summed E-state index contributed by atoms with van der Waals surface area (Å²) >= 11 is 0. The predicted octanol–water partition coefficient (Wildman–Crippen LogP) is 3.34. The third-order valence-corrected chi connectivity index (χ3v) is 5.67. The molecule has 29 heavy (non-hydrogen) atoms. The minimum absolute atomic E-state index is 0.0101. The summed E-state index contributed by atoms with van der Waals surface area (Å²) in [5.74, 6) is 1.30. The van der Waals surface area contributed by atoms with E-state index in [1.165, 1.54) is 5.56 Å². The van der Waals surface area contributed by atoms with E-state index < -0.39 is 12.2 Å². The van der Waals surface area contributed by atoms with E-state index in [1.807, 2.05) is 19.1 Å². The van der Waals surface area contributed by atoms with Crippen molar-refractivity contribution in [2.75, 3.05) is 20.3 Å². The molecule has 0 aliphatic heterocycles. The molecule has 0 aliphatic rings. The number of methoxy groups -OCH3 is 1. The highest BCUT2D eigenvalue weighted by atomic mass is 16.5. The van der Waals surface area contributed by atoms with Crippen LogP contribution in [-0.2, 0) is 6.42 Å². The Morgan fingerprint density at radius 3 is 2.38 bits per heavy atom. The Morgan fingerprint density at radius 2 is 1.72 bits per heavy atom. The lowest BCUT2D eigenvalue weighted by molar-refractivity contribution is 0.0236. The summed E-state index contributed by atoms with van der Waals surface area (Å²) in [6.45, 7) is 3.61. The first-order valence-electron chi connectivity index (χ1n) is 10.8. The molecule has 0 fully saturated rings. The number of rotatable bonds is 15. The zero-order valence-electron chi connectivity index (χ0n) is 18.2. The van der Waals surface area contributed by atoms with Crippen LogP contribution in [-0.4, -0.2) is 53.0 Å². The second-order valence-electron chi connectivity index (χ2n) is 8.21. The molecule has 0 aliphatic carbocycles. The number of aliphatic hydroxyl groups excluding tert-OH is 4. The van der Waals surface area contributed by atoms with Gasteiger partial charge in [-0.2, -0.15) is 0 Å². The molecule has 4 N–H and O–H groups in total. The van der Waals surface area contributed by atoms with Gasteiger partial charge in [-0.25, -0.2) is 0 Å². The van der Waals surface area contributed by atoms with Crippen molar-refractivity contribution in [2.24, 2.45) is 17.8 Å². The van der Waals surface area contributed by atoms with Crippen LogP contribution in [0.2, 0.25) is 0 Å². The molecule has 1 aromatic carbocycles. The van der Waals surface area contributed by atoms with Crippen LogP contribution < -0.4 is 4.74 Å². The Kier molecular flexibility index (Phi) is 12.9. The Labute approximate surface area is 176 Å². The van der Waals surface area contributed by atoms with Crippen molar-refractivity contribution >= 4 is 0 Å². The molecule has 5 heteroatoms. The largest absolute Gasteiger partial charge is 0.497 e. The first-order chi connectivity index (χ1) is 13.9. The predicted molar refractivity (Wildman–Crippen MR) is 117 cm³/mol. The normalized spacial score (nSPS) is 17.1. The van der Waals surface area contributed by atoms with Gasteiger partial charge < -0.3 is 25.2 Å². The molecule has 0 heterocycles. The molecule has 1 rings (SSSR count). The van der Waals surface area contributed by atoms with E-state index >= 15 is 0 Å². The topological polar surface area (TPSA) is 90.2 Å². The second-order valence-corrected chi connectivity index (χ2v) is 8.21. The minimum Gasteiger partial charge on any atom is -0.497 e. The Balaban J connectivity index is 2.38. The number of hydrogen-bond acceptors (Lipinski definition) is 5. The third kappa shape index (κ3) is 10.3. The quantitative estimate of drug-likeness (QED) is 0.264. The molecule has 0 radical (unpaired) electrons. The Bertz CT molecular complexity index is 574. The van der Waals surface area contributed by atoms with Gasteiger partial charge in [-0.15, -0.1) is 0 Å². The summed E-state index contributed by atoms with van der Waals surface area (Å²) < 4.78 is 5.27. The molecule has 0 amide bonds. The maximum Gasteiger partial charge on any atom is 0.119 e. The number of hydrogen-bond donors (Lipinski definition) is 4. The molecule has 0 saturated heterocycles. The number of aliphatic hydroxyl groups is 4. The molecule has 166 valence electrons. The van der Waals surface area contributed by atoms with Gasteiger partial charge in [0.1, 0.15) is 5.75 Å². The van der Waals surface area contributed by atoms with E-state index in [1.54, 1.807) is 7.11 Å². The maximum absolute atomic E-state index is 10.1. The zero-order valence-corrected chi connectivity index (χ0v) is 18.2. The van der Waals surface area contributed by atoms with E-state index in [0.29, 0.717) is 5.92 Å². The lowest BCUT2D eigenvalue weighted by atomic mass is 9.87. The summed E-state index contributed by atoms with van der Waals surface area (Å²) in [5.41, 5.74) is 1.26. The van der Waals surface area contributed by atoms with Gasteiger partial charge in [-0.05, 0) is 74.0 Å². The van der Waals surface area contributed by atoms with Crippen LogP contribution in [0.5, 0.6) is 5.75 Å². The van der Waals surface area contributed by atoms with Crippen molar-refractivity contribution in [3.8, 4) is 5.75 Å². The molecule has 0 bridgehead atoms. The standard InChI is InChI=1S/C24H40O5/c1-18(14-20-9-7-11-22(15-20)29-3)8-5-4-6-10-21(24(28)17-26)13-12-19(2)23(27)16-25/h5,7-9,11,15,18-19,21,23-28H,4,6,10,12-14,16-17H2,1-3H3/b8-5+. The van der Waals surface area contributed by atoms with Crippen molar-refractivity contribution in [2.45, 2.75) is 64.6 Å². The van der Waals surface area contributed by atoms with Gasteiger partial charge in [0.15, 0.2) is 0 Å². The Morgan fingerprint density at radius 1 is 1.00 bits per heavy atom. The molecule has 5 atom stereocenters. The summed E-state index contributed by atoms with van der Waals surface area (Å²) in [7, 11) is 1.68. The SMILES string of the molecule is COc1cccc(CC(C)/C=C/CCCC(CCC(C)C(O)CO)C(O)CO)c1. The molecule has 0 spiro atoms. The van der Waals surface area contributed by atoms with Gasteiger partial charge in [0, 0.05) is 0 Å². The average molecular weight is 409 g/mol. The highest BCUT2D eigenvalue weighted by Crippen LogP contribution is 2.23. The van der Waals surface area contributed by atoms with Crippen LogP contribution in [0.15, 0.2) is 36.4 Å². The van der Waals surface area contributed by atoms with Crippen molar-refractivity contribution in [1.29, 1.82) is 0 Å². The van der Waals surface area contributed by atoms with E-state index in [4.69, 9.17) is 9.84 Å². The van der Waals surface area contributed by atoms with Gasteiger partial charge in [0.2, 0.25) is 0 Å². The summed E-state index contributed by atoms with van der Waals surface area (Å²) in [6.07, 6.45) is 8.10. The van der Waals surface area contributed by atoms with E-state index in [-0.39, 0.29) is 25.0 Å². The highest BCUT2D eigenvalue weighted by molar-refractivity contribution is 5.28. The number of unbranched alkanes of at least 4 members (excludes halogenated alkanes) is 1. The number of allylic oxidation sites excluding steroid dienone is 2.